The number of hydrogen-bond donors (Lipinski definition) is 0. The SMILES string of the molecule is CC1(C)c2ccccc2-c2c(-c3ccccc3N(c3ccc(-c4ccccc4-n4c5ccccc5c5ccccc54)cc3)c3ccc4c(c3)C(C)(c3ccccc3)c3ccccc3-4)cccc21. The lowest BCUT2D eigenvalue weighted by Gasteiger charge is -2.32. The smallest absolute Gasteiger partial charge is 0.0541 e. The van der Waals surface area contributed by atoms with Crippen molar-refractivity contribution in [1.29, 1.82) is 0 Å². The van der Waals surface area contributed by atoms with Gasteiger partial charge >= 0.3 is 0 Å². The second-order valence-corrected chi connectivity index (χ2v) is 19.0. The normalized spacial score (nSPS) is 15.3. The number of anilines is 3. The summed E-state index contributed by atoms with van der Waals surface area (Å²) in [6, 6.07) is 87.7. The van der Waals surface area contributed by atoms with Crippen molar-refractivity contribution in [1.82, 2.24) is 4.57 Å². The van der Waals surface area contributed by atoms with E-state index >= 15 is 0 Å². The maximum absolute atomic E-state index is 2.50. The average molecular weight is 857 g/mol. The monoisotopic (exact) mass is 856 g/mol. The quantitative estimate of drug-likeness (QED) is 0.155. The molecule has 11 aromatic rings. The summed E-state index contributed by atoms with van der Waals surface area (Å²) < 4.78 is 2.43. The van der Waals surface area contributed by atoms with Crippen LogP contribution in [0.2, 0.25) is 0 Å². The van der Waals surface area contributed by atoms with E-state index < -0.39 is 0 Å². The molecule has 10 aromatic carbocycles. The molecular weight excluding hydrogens is 809 g/mol. The molecular formula is C65H48N2. The molecule has 318 valence electrons. The molecule has 0 N–H and O–H groups in total. The Kier molecular flexibility index (Phi) is 8.73. The molecule has 0 saturated carbocycles. The van der Waals surface area contributed by atoms with E-state index in [4.69, 9.17) is 0 Å². The van der Waals surface area contributed by atoms with E-state index in [0.29, 0.717) is 0 Å². The summed E-state index contributed by atoms with van der Waals surface area (Å²) >= 11 is 0. The van der Waals surface area contributed by atoms with E-state index in [2.05, 4.69) is 267 Å². The van der Waals surface area contributed by atoms with Crippen LogP contribution in [-0.4, -0.2) is 4.57 Å². The number of para-hydroxylation sites is 4. The molecule has 1 atom stereocenters. The Hall–Kier alpha value is -8.20. The third-order valence-corrected chi connectivity index (χ3v) is 15.1. The van der Waals surface area contributed by atoms with Crippen molar-refractivity contribution in [3.63, 3.8) is 0 Å². The van der Waals surface area contributed by atoms with E-state index in [1.165, 1.54) is 88.6 Å². The molecule has 0 saturated heterocycles. The molecule has 1 unspecified atom stereocenters. The number of hydrogen-bond acceptors (Lipinski definition) is 1. The van der Waals surface area contributed by atoms with E-state index in [-0.39, 0.29) is 10.8 Å². The molecule has 0 amide bonds. The Morgan fingerprint density at radius 1 is 0.358 bits per heavy atom. The van der Waals surface area contributed by atoms with E-state index in [9.17, 15) is 0 Å². The molecule has 1 heterocycles. The van der Waals surface area contributed by atoms with E-state index in [1.54, 1.807) is 0 Å². The average Bonchev–Trinajstić information content (AvgIpc) is 3.95. The predicted molar refractivity (Wildman–Crippen MR) is 281 cm³/mol. The van der Waals surface area contributed by atoms with Crippen LogP contribution in [0.4, 0.5) is 17.1 Å². The zero-order chi connectivity index (χ0) is 44.9. The van der Waals surface area contributed by atoms with Gasteiger partial charge in [-0.05, 0) is 117 Å². The number of nitrogens with zero attached hydrogens (tertiary/aromatic N) is 2. The summed E-state index contributed by atoms with van der Waals surface area (Å²) in [4.78, 5) is 2.50. The highest BCUT2D eigenvalue weighted by Crippen LogP contribution is 2.56. The van der Waals surface area contributed by atoms with Gasteiger partial charge in [0, 0.05) is 44.1 Å². The molecule has 67 heavy (non-hydrogen) atoms. The molecule has 0 spiro atoms. The highest BCUT2D eigenvalue weighted by atomic mass is 15.1. The van der Waals surface area contributed by atoms with Crippen LogP contribution in [0.25, 0.3) is 72.0 Å². The van der Waals surface area contributed by atoms with Crippen molar-refractivity contribution in [2.45, 2.75) is 31.6 Å². The van der Waals surface area contributed by atoms with Gasteiger partial charge in [-0.3, -0.25) is 0 Å². The summed E-state index contributed by atoms with van der Waals surface area (Å²) in [5.74, 6) is 0. The van der Waals surface area contributed by atoms with E-state index in [1.807, 2.05) is 0 Å². The van der Waals surface area contributed by atoms with Crippen LogP contribution in [-0.2, 0) is 10.8 Å². The summed E-state index contributed by atoms with van der Waals surface area (Å²) in [6.07, 6.45) is 0. The van der Waals surface area contributed by atoms with Crippen molar-refractivity contribution < 1.29 is 0 Å². The van der Waals surface area contributed by atoms with Crippen LogP contribution < -0.4 is 4.90 Å². The standard InChI is InChI=1S/C65H48N2/c1-64(2)55-29-13-8-27-54(55)63-53(28-19-31-57(63)64)52-26-12-16-33-60(52)66(46-40-41-49-48-23-7-14-30-56(48)65(3,58(49)42-46)44-20-5-4-6-21-44)45-38-36-43(37-39-45)47-22-9-15-32-59(47)67-61-34-17-10-24-50(61)51-25-11-18-35-62(51)67/h4-42H,1-3H3. The Balaban J connectivity index is 1.02. The van der Waals surface area contributed by atoms with Gasteiger partial charge < -0.3 is 9.47 Å². The number of fused-ring (bicyclic) bond motifs is 9. The van der Waals surface area contributed by atoms with Crippen LogP contribution in [0.5, 0.6) is 0 Å². The fourth-order valence-electron chi connectivity index (χ4n) is 11.9. The molecule has 0 bridgehead atoms. The number of aromatic nitrogens is 1. The maximum Gasteiger partial charge on any atom is 0.0541 e. The Morgan fingerprint density at radius 3 is 1.64 bits per heavy atom. The second-order valence-electron chi connectivity index (χ2n) is 19.0. The van der Waals surface area contributed by atoms with Gasteiger partial charge in [0.1, 0.15) is 0 Å². The first-order valence-electron chi connectivity index (χ1n) is 23.5. The van der Waals surface area contributed by atoms with E-state index in [0.717, 1.165) is 28.3 Å². The molecule has 0 radical (unpaired) electrons. The third kappa shape index (κ3) is 5.76. The minimum atomic E-state index is -0.343. The molecule has 1 aromatic heterocycles. The van der Waals surface area contributed by atoms with Crippen LogP contribution in [0.1, 0.15) is 48.6 Å². The van der Waals surface area contributed by atoms with Gasteiger partial charge in [0.05, 0.1) is 22.4 Å². The molecule has 0 fully saturated rings. The van der Waals surface area contributed by atoms with Crippen LogP contribution in [0.3, 0.4) is 0 Å². The van der Waals surface area contributed by atoms with Gasteiger partial charge in [0.15, 0.2) is 0 Å². The van der Waals surface area contributed by atoms with Gasteiger partial charge in [-0.15, -0.1) is 0 Å². The van der Waals surface area contributed by atoms with Gasteiger partial charge in [0.25, 0.3) is 0 Å². The van der Waals surface area contributed by atoms with Gasteiger partial charge in [-0.2, -0.15) is 0 Å². The largest absolute Gasteiger partial charge is 0.310 e. The van der Waals surface area contributed by atoms with Crippen molar-refractivity contribution in [2.75, 3.05) is 4.90 Å². The summed E-state index contributed by atoms with van der Waals surface area (Å²) in [5, 5.41) is 2.52. The number of rotatable bonds is 7. The zero-order valence-corrected chi connectivity index (χ0v) is 37.9. The highest BCUT2D eigenvalue weighted by molar-refractivity contribution is 6.10. The van der Waals surface area contributed by atoms with Gasteiger partial charge in [0.2, 0.25) is 0 Å². The summed E-state index contributed by atoms with van der Waals surface area (Å²) in [7, 11) is 0. The second kappa shape index (κ2) is 14.9. The minimum absolute atomic E-state index is 0.112. The molecule has 2 aliphatic rings. The fraction of sp³-hybridized carbons (Fsp3) is 0.0769. The lowest BCUT2D eigenvalue weighted by Crippen LogP contribution is -2.22. The molecule has 0 aliphatic heterocycles. The molecule has 2 heteroatoms. The topological polar surface area (TPSA) is 8.17 Å². The maximum atomic E-state index is 2.50. The lowest BCUT2D eigenvalue weighted by molar-refractivity contribution is 0.660. The lowest BCUT2D eigenvalue weighted by atomic mass is 9.74. The molecule has 2 nitrogen and oxygen atoms in total. The van der Waals surface area contributed by atoms with Crippen LogP contribution in [0.15, 0.2) is 237 Å². The summed E-state index contributed by atoms with van der Waals surface area (Å²) in [6.45, 7) is 7.14. The van der Waals surface area contributed by atoms with Crippen LogP contribution >= 0.6 is 0 Å². The molecule has 2 aliphatic carbocycles. The van der Waals surface area contributed by atoms with Crippen LogP contribution in [0, 0.1) is 0 Å². The van der Waals surface area contributed by atoms with Gasteiger partial charge in [-0.25, -0.2) is 0 Å². The van der Waals surface area contributed by atoms with Gasteiger partial charge in [-0.1, -0.05) is 202 Å². The number of benzene rings is 10. The first-order chi connectivity index (χ1) is 32.9. The Morgan fingerprint density at radius 2 is 0.896 bits per heavy atom. The zero-order valence-electron chi connectivity index (χ0n) is 37.9. The Bertz CT molecular complexity index is 3690. The molecule has 13 rings (SSSR count). The predicted octanol–water partition coefficient (Wildman–Crippen LogP) is 17.2. The third-order valence-electron chi connectivity index (χ3n) is 15.1. The van der Waals surface area contributed by atoms with Crippen molar-refractivity contribution in [3.8, 4) is 50.2 Å². The van der Waals surface area contributed by atoms with Crippen molar-refractivity contribution in [2.24, 2.45) is 0 Å². The summed E-state index contributed by atoms with van der Waals surface area (Å²) in [5.41, 5.74) is 23.2. The minimum Gasteiger partial charge on any atom is -0.310 e. The Labute approximate surface area is 392 Å². The first kappa shape index (κ1) is 39.2. The van der Waals surface area contributed by atoms with Crippen molar-refractivity contribution >= 4 is 38.9 Å². The first-order valence-corrected chi connectivity index (χ1v) is 23.5. The van der Waals surface area contributed by atoms with Crippen molar-refractivity contribution in [3.05, 3.63) is 264 Å². The highest BCUT2D eigenvalue weighted by Gasteiger charge is 2.41. The fourth-order valence-corrected chi connectivity index (χ4v) is 11.9.